The van der Waals surface area contributed by atoms with Gasteiger partial charge in [0.1, 0.15) is 5.75 Å². The zero-order valence-electron chi connectivity index (χ0n) is 12.1. The second-order valence-electron chi connectivity index (χ2n) is 5.63. The molecule has 0 heterocycles. The van der Waals surface area contributed by atoms with Crippen LogP contribution in [0.1, 0.15) is 38.2 Å². The zero-order valence-corrected chi connectivity index (χ0v) is 12.9. The first kappa shape index (κ1) is 15.2. The summed E-state index contributed by atoms with van der Waals surface area (Å²) in [5.41, 5.74) is 0.941. The van der Waals surface area contributed by atoms with Crippen LogP contribution < -0.4 is 10.1 Å². The predicted molar refractivity (Wildman–Crippen MR) is 81.2 cm³/mol. The lowest BCUT2D eigenvalue weighted by Gasteiger charge is -2.29. The van der Waals surface area contributed by atoms with E-state index < -0.39 is 0 Å². The fraction of sp³-hybridized carbons (Fsp3) is 0.562. The summed E-state index contributed by atoms with van der Waals surface area (Å²) in [6.45, 7) is 4.18. The van der Waals surface area contributed by atoms with Gasteiger partial charge in [0, 0.05) is 11.1 Å². The Balaban J connectivity index is 1.82. The maximum Gasteiger partial charge on any atom is 0.258 e. The van der Waals surface area contributed by atoms with Crippen LogP contribution in [-0.2, 0) is 4.79 Å². The number of carbonyl (C=O) groups excluding carboxylic acids is 1. The van der Waals surface area contributed by atoms with Crippen molar-refractivity contribution in [2.45, 2.75) is 45.6 Å². The maximum atomic E-state index is 11.9. The minimum absolute atomic E-state index is 0.0434. The lowest BCUT2D eigenvalue weighted by molar-refractivity contribution is -0.124. The first-order valence-electron chi connectivity index (χ1n) is 7.24. The fourth-order valence-corrected chi connectivity index (χ4v) is 2.92. The third kappa shape index (κ3) is 4.14. The smallest absolute Gasteiger partial charge is 0.258 e. The fourth-order valence-electron chi connectivity index (χ4n) is 2.70. The molecule has 1 amide bonds. The average molecular weight is 296 g/mol. The number of hydrogen-bond acceptors (Lipinski definition) is 2. The Morgan fingerprint density at radius 1 is 1.40 bits per heavy atom. The molecular formula is C16H22ClNO2. The van der Waals surface area contributed by atoms with Gasteiger partial charge in [0.25, 0.3) is 5.91 Å². The van der Waals surface area contributed by atoms with Crippen LogP contribution in [0.5, 0.6) is 5.75 Å². The summed E-state index contributed by atoms with van der Waals surface area (Å²) in [5, 5.41) is 3.76. The van der Waals surface area contributed by atoms with Crippen LogP contribution >= 0.6 is 11.6 Å². The minimum atomic E-state index is -0.0434. The molecule has 0 aliphatic heterocycles. The third-order valence-electron chi connectivity index (χ3n) is 3.95. The van der Waals surface area contributed by atoms with E-state index in [1.165, 1.54) is 19.3 Å². The van der Waals surface area contributed by atoms with E-state index in [9.17, 15) is 4.79 Å². The first-order chi connectivity index (χ1) is 9.56. The van der Waals surface area contributed by atoms with Gasteiger partial charge in [-0.1, -0.05) is 31.4 Å². The van der Waals surface area contributed by atoms with E-state index in [0.29, 0.717) is 22.7 Å². The van der Waals surface area contributed by atoms with Crippen molar-refractivity contribution in [3.63, 3.8) is 0 Å². The highest BCUT2D eigenvalue weighted by Gasteiger charge is 2.22. The number of halogens is 1. The second-order valence-corrected chi connectivity index (χ2v) is 6.07. The van der Waals surface area contributed by atoms with Gasteiger partial charge in [-0.05, 0) is 49.4 Å². The largest absolute Gasteiger partial charge is 0.484 e. The zero-order chi connectivity index (χ0) is 14.5. The van der Waals surface area contributed by atoms with Crippen molar-refractivity contribution in [2.75, 3.05) is 6.61 Å². The second kappa shape index (κ2) is 6.98. The minimum Gasteiger partial charge on any atom is -0.484 e. The van der Waals surface area contributed by atoms with Crippen molar-refractivity contribution in [3.8, 4) is 5.75 Å². The van der Waals surface area contributed by atoms with E-state index in [1.807, 2.05) is 13.0 Å². The number of hydrogen-bond donors (Lipinski definition) is 1. The van der Waals surface area contributed by atoms with E-state index >= 15 is 0 Å². The Bertz CT molecular complexity index is 476. The van der Waals surface area contributed by atoms with Gasteiger partial charge in [-0.3, -0.25) is 4.79 Å². The maximum absolute atomic E-state index is 11.9. The Morgan fingerprint density at radius 2 is 2.15 bits per heavy atom. The number of benzene rings is 1. The van der Waals surface area contributed by atoms with Crippen LogP contribution in [0, 0.1) is 12.8 Å². The Hall–Kier alpha value is -1.22. The number of carbonyl (C=O) groups is 1. The number of aryl methyl sites for hydroxylation is 1. The summed E-state index contributed by atoms with van der Waals surface area (Å²) in [4.78, 5) is 11.9. The van der Waals surface area contributed by atoms with Gasteiger partial charge < -0.3 is 10.1 Å². The van der Waals surface area contributed by atoms with Crippen molar-refractivity contribution in [1.82, 2.24) is 5.32 Å². The highest BCUT2D eigenvalue weighted by molar-refractivity contribution is 6.30. The summed E-state index contributed by atoms with van der Waals surface area (Å²) >= 11 is 5.89. The van der Waals surface area contributed by atoms with E-state index in [1.54, 1.807) is 12.1 Å². The van der Waals surface area contributed by atoms with Crippen molar-refractivity contribution < 1.29 is 9.53 Å². The summed E-state index contributed by atoms with van der Waals surface area (Å²) < 4.78 is 5.56. The monoisotopic (exact) mass is 295 g/mol. The molecule has 2 rings (SSSR count). The topological polar surface area (TPSA) is 38.3 Å². The van der Waals surface area contributed by atoms with E-state index in [4.69, 9.17) is 16.3 Å². The molecule has 0 aromatic heterocycles. The molecule has 0 unspecified atom stereocenters. The van der Waals surface area contributed by atoms with Crippen molar-refractivity contribution in [3.05, 3.63) is 28.8 Å². The predicted octanol–water partition coefficient (Wildman–Crippen LogP) is 3.72. The van der Waals surface area contributed by atoms with Crippen molar-refractivity contribution in [2.24, 2.45) is 5.92 Å². The van der Waals surface area contributed by atoms with Crippen LogP contribution in [0.4, 0.5) is 0 Å². The molecular weight excluding hydrogens is 274 g/mol. The van der Waals surface area contributed by atoms with Crippen LogP contribution in [0.15, 0.2) is 18.2 Å². The summed E-state index contributed by atoms with van der Waals surface area (Å²) in [7, 11) is 0. The number of ether oxygens (including phenoxy) is 1. The molecule has 1 aromatic rings. The Morgan fingerprint density at radius 3 is 2.85 bits per heavy atom. The molecule has 20 heavy (non-hydrogen) atoms. The van der Waals surface area contributed by atoms with Crippen LogP contribution in [0.3, 0.4) is 0 Å². The Kier molecular flexibility index (Phi) is 5.30. The molecule has 3 nitrogen and oxygen atoms in total. The molecule has 2 atom stereocenters. The van der Waals surface area contributed by atoms with Gasteiger partial charge in [0.2, 0.25) is 0 Å². The molecule has 1 aliphatic rings. The average Bonchev–Trinajstić information content (AvgIpc) is 2.40. The quantitative estimate of drug-likeness (QED) is 0.919. The molecule has 1 saturated carbocycles. The number of amides is 1. The molecule has 1 aromatic carbocycles. The SMILES string of the molecule is Cc1cc(Cl)ccc1OCC(=O)N[C@H]1CCCC[C@H]1C. The van der Waals surface area contributed by atoms with E-state index in [-0.39, 0.29) is 12.5 Å². The normalized spacial score (nSPS) is 22.4. The first-order valence-corrected chi connectivity index (χ1v) is 7.62. The van der Waals surface area contributed by atoms with Crippen LogP contribution in [-0.4, -0.2) is 18.6 Å². The molecule has 1 aliphatic carbocycles. The summed E-state index contributed by atoms with van der Waals surface area (Å²) in [5.74, 6) is 1.23. The van der Waals surface area contributed by atoms with Crippen molar-refractivity contribution in [1.29, 1.82) is 0 Å². The van der Waals surface area contributed by atoms with E-state index in [0.717, 1.165) is 12.0 Å². The molecule has 0 bridgehead atoms. The van der Waals surface area contributed by atoms with Gasteiger partial charge in [-0.2, -0.15) is 0 Å². The lowest BCUT2D eigenvalue weighted by Crippen LogP contribution is -2.43. The van der Waals surface area contributed by atoms with E-state index in [2.05, 4.69) is 12.2 Å². The molecule has 1 N–H and O–H groups in total. The van der Waals surface area contributed by atoms with Crippen LogP contribution in [0.2, 0.25) is 5.02 Å². The van der Waals surface area contributed by atoms with Gasteiger partial charge in [0.05, 0.1) is 0 Å². The third-order valence-corrected chi connectivity index (χ3v) is 4.19. The van der Waals surface area contributed by atoms with Gasteiger partial charge in [-0.25, -0.2) is 0 Å². The molecule has 1 fully saturated rings. The van der Waals surface area contributed by atoms with Crippen molar-refractivity contribution >= 4 is 17.5 Å². The molecule has 110 valence electrons. The van der Waals surface area contributed by atoms with Gasteiger partial charge in [-0.15, -0.1) is 0 Å². The molecule has 0 radical (unpaired) electrons. The summed E-state index contributed by atoms with van der Waals surface area (Å²) in [6, 6.07) is 5.70. The number of nitrogens with one attached hydrogen (secondary N) is 1. The molecule has 0 spiro atoms. The Labute approximate surface area is 125 Å². The van der Waals surface area contributed by atoms with Gasteiger partial charge in [0.15, 0.2) is 6.61 Å². The summed E-state index contributed by atoms with van der Waals surface area (Å²) in [6.07, 6.45) is 4.75. The number of rotatable bonds is 4. The van der Waals surface area contributed by atoms with Crippen LogP contribution in [0.25, 0.3) is 0 Å². The lowest BCUT2D eigenvalue weighted by atomic mass is 9.86. The van der Waals surface area contributed by atoms with Gasteiger partial charge >= 0.3 is 0 Å². The standard InChI is InChI=1S/C16H22ClNO2/c1-11-5-3-4-6-14(11)18-16(19)10-20-15-8-7-13(17)9-12(15)2/h7-9,11,14H,3-6,10H2,1-2H3,(H,18,19)/t11-,14+/m1/s1. The highest BCUT2D eigenvalue weighted by atomic mass is 35.5. The highest BCUT2D eigenvalue weighted by Crippen LogP contribution is 2.24. The molecule has 0 saturated heterocycles. The molecule has 4 heteroatoms.